The highest BCUT2D eigenvalue weighted by atomic mass is 16.3. The Morgan fingerprint density at radius 1 is 0.321 bits per heavy atom. The van der Waals surface area contributed by atoms with Gasteiger partial charge in [-0.05, 0) is 96.3 Å². The summed E-state index contributed by atoms with van der Waals surface area (Å²) in [5, 5.41) is 23.2. The Bertz CT molecular complexity index is 1460. The zero-order valence-electron chi connectivity index (χ0n) is 51.9. The Balaban J connectivity index is 3.54. The van der Waals surface area contributed by atoms with E-state index in [2.05, 4.69) is 116 Å². The van der Waals surface area contributed by atoms with Gasteiger partial charge in [0, 0.05) is 6.42 Å². The van der Waals surface area contributed by atoms with Gasteiger partial charge in [-0.15, -0.1) is 0 Å². The number of nitrogens with one attached hydrogen (secondary N) is 1. The van der Waals surface area contributed by atoms with Gasteiger partial charge in [0.1, 0.15) is 0 Å². The van der Waals surface area contributed by atoms with Crippen LogP contribution in [0.1, 0.15) is 335 Å². The van der Waals surface area contributed by atoms with Crippen LogP contribution in [0.2, 0.25) is 0 Å². The van der Waals surface area contributed by atoms with Gasteiger partial charge in [-0.3, -0.25) is 4.79 Å². The summed E-state index contributed by atoms with van der Waals surface area (Å²) in [5.74, 6) is -0.0791. The third kappa shape index (κ3) is 63.9. The first-order valence-corrected chi connectivity index (χ1v) is 34.1. The lowest BCUT2D eigenvalue weighted by Gasteiger charge is -2.19. The maximum absolute atomic E-state index is 12.5. The van der Waals surface area contributed by atoms with Crippen molar-refractivity contribution in [1.82, 2.24) is 5.32 Å². The Morgan fingerprint density at radius 3 is 0.897 bits per heavy atom. The lowest BCUT2D eigenvalue weighted by atomic mass is 10.0. The van der Waals surface area contributed by atoms with Crippen LogP contribution in [-0.4, -0.2) is 34.9 Å². The van der Waals surface area contributed by atoms with Crippen molar-refractivity contribution in [2.75, 3.05) is 6.61 Å². The first kappa shape index (κ1) is 75.0. The average Bonchev–Trinajstić information content (AvgIpc) is 3.44. The number of rotatable bonds is 62. The quantitative estimate of drug-likeness (QED) is 0.0420. The van der Waals surface area contributed by atoms with Crippen molar-refractivity contribution in [3.05, 3.63) is 109 Å². The average molecular weight is 1080 g/mol. The van der Waals surface area contributed by atoms with Crippen molar-refractivity contribution < 1.29 is 15.0 Å². The highest BCUT2D eigenvalue weighted by Gasteiger charge is 2.18. The molecule has 0 bridgehead atoms. The first-order chi connectivity index (χ1) is 38.7. The van der Waals surface area contributed by atoms with Crippen LogP contribution in [0.3, 0.4) is 0 Å². The van der Waals surface area contributed by atoms with E-state index in [-0.39, 0.29) is 12.5 Å². The van der Waals surface area contributed by atoms with E-state index in [1.165, 1.54) is 238 Å². The number of carbonyl (C=O) groups excluding carboxylic acids is 1. The number of hydrogen-bond donors (Lipinski definition) is 3. The molecule has 2 atom stereocenters. The minimum absolute atomic E-state index is 0.0791. The summed E-state index contributed by atoms with van der Waals surface area (Å²) in [6, 6.07) is -0.654. The maximum Gasteiger partial charge on any atom is 0.220 e. The first-order valence-electron chi connectivity index (χ1n) is 34.1. The summed E-state index contributed by atoms with van der Waals surface area (Å²) in [6.07, 6.45) is 103. The van der Waals surface area contributed by atoms with Gasteiger partial charge in [0.05, 0.1) is 18.8 Å². The van der Waals surface area contributed by atoms with Crippen LogP contribution >= 0.6 is 0 Å². The fourth-order valence-electron chi connectivity index (χ4n) is 10.1. The second-order valence-corrected chi connectivity index (χ2v) is 22.8. The minimum atomic E-state index is -0.879. The maximum atomic E-state index is 12.5. The molecule has 0 saturated carbocycles. The van der Waals surface area contributed by atoms with E-state index in [1.807, 2.05) is 6.08 Å². The zero-order valence-corrected chi connectivity index (χ0v) is 51.9. The molecule has 0 aliphatic rings. The van der Waals surface area contributed by atoms with Gasteiger partial charge in [-0.1, -0.05) is 342 Å². The van der Waals surface area contributed by atoms with Crippen molar-refractivity contribution in [3.8, 4) is 0 Å². The van der Waals surface area contributed by atoms with E-state index in [9.17, 15) is 15.0 Å². The zero-order chi connectivity index (χ0) is 56.2. The molecule has 0 fully saturated rings. The fraction of sp³-hybridized carbons (Fsp3) is 0.743. The van der Waals surface area contributed by atoms with Crippen LogP contribution in [0.15, 0.2) is 109 Å². The predicted octanol–water partition coefficient (Wildman–Crippen LogP) is 23.4. The van der Waals surface area contributed by atoms with Crippen LogP contribution in [-0.2, 0) is 4.79 Å². The highest BCUT2D eigenvalue weighted by Crippen LogP contribution is 2.17. The molecule has 2 unspecified atom stereocenters. The molecule has 0 heterocycles. The summed E-state index contributed by atoms with van der Waals surface area (Å²) in [4.78, 5) is 12.5. The molecule has 4 heteroatoms. The summed E-state index contributed by atoms with van der Waals surface area (Å²) < 4.78 is 0. The lowest BCUT2D eigenvalue weighted by Crippen LogP contribution is -2.45. The van der Waals surface area contributed by atoms with Crippen molar-refractivity contribution >= 4 is 5.91 Å². The largest absolute Gasteiger partial charge is 0.394 e. The molecule has 0 aliphatic heterocycles. The second-order valence-electron chi connectivity index (χ2n) is 22.8. The number of amides is 1. The van der Waals surface area contributed by atoms with Crippen LogP contribution < -0.4 is 5.32 Å². The summed E-state index contributed by atoms with van der Waals surface area (Å²) in [7, 11) is 0. The highest BCUT2D eigenvalue weighted by molar-refractivity contribution is 5.76. The van der Waals surface area contributed by atoms with Gasteiger partial charge in [-0.25, -0.2) is 0 Å². The third-order valence-electron chi connectivity index (χ3n) is 15.2. The Hall–Kier alpha value is -2.95. The van der Waals surface area contributed by atoms with E-state index < -0.39 is 12.1 Å². The fourth-order valence-corrected chi connectivity index (χ4v) is 10.1. The van der Waals surface area contributed by atoms with Gasteiger partial charge < -0.3 is 15.5 Å². The van der Waals surface area contributed by atoms with Crippen LogP contribution in [0, 0.1) is 0 Å². The number of allylic oxidation sites excluding steroid dienone is 17. The van der Waals surface area contributed by atoms with E-state index in [4.69, 9.17) is 0 Å². The molecular formula is C74H131NO3. The molecular weight excluding hydrogens is 951 g/mol. The number of aliphatic hydroxyl groups excluding tert-OH is 2. The second kappa shape index (κ2) is 68.3. The molecule has 1 amide bonds. The molecule has 450 valence electrons. The van der Waals surface area contributed by atoms with Gasteiger partial charge in [0.2, 0.25) is 5.91 Å². The molecule has 0 aromatic rings. The molecule has 3 N–H and O–H groups in total. The van der Waals surface area contributed by atoms with E-state index in [0.717, 1.165) is 77.0 Å². The molecule has 0 spiro atoms. The molecule has 0 saturated heterocycles. The number of aliphatic hydroxyl groups is 2. The molecule has 0 aromatic carbocycles. The van der Waals surface area contributed by atoms with Crippen molar-refractivity contribution in [2.45, 2.75) is 347 Å². The third-order valence-corrected chi connectivity index (χ3v) is 15.2. The molecule has 0 radical (unpaired) electrons. The molecule has 0 aliphatic carbocycles. The molecule has 78 heavy (non-hydrogen) atoms. The number of hydrogen-bond acceptors (Lipinski definition) is 3. The van der Waals surface area contributed by atoms with Crippen molar-refractivity contribution in [1.29, 1.82) is 0 Å². The SMILES string of the molecule is CC/C=C\C/C=C\C/C=C\C/C=C\C/C=C\C/C=C\CCCCCCCCCCCCCCCCC(=O)NC(CO)C(O)/C=C/CC/C=C/CC/C=C/CCCCCCCCCCCCCCCCCCCCCCCCC. The van der Waals surface area contributed by atoms with E-state index >= 15 is 0 Å². The minimum Gasteiger partial charge on any atom is -0.394 e. The Kier molecular flexibility index (Phi) is 65.7. The van der Waals surface area contributed by atoms with Crippen LogP contribution in [0.5, 0.6) is 0 Å². The standard InChI is InChI=1S/C74H131NO3/c1-3-5-7-9-11-13-15-17-19-21-23-25-27-29-31-33-35-37-39-41-43-45-47-49-51-53-55-57-59-61-63-65-67-69-73(77)72(71-76)75-74(78)70-68-66-64-62-60-58-56-54-52-50-48-46-44-42-40-38-36-34-32-30-28-26-24-22-20-18-16-14-12-10-8-6-4-2/h6,8,12,14,18,20,24,26,30,32,36,38,51,53,59,61,67,69,72-73,76-77H,3-5,7,9-11,13,15-17,19,21-23,25,27-29,31,33-35,37,39-50,52,54-58,60,62-66,68,70-71H2,1-2H3,(H,75,78)/b8-6-,14-12-,20-18-,26-24-,32-30-,38-36-,53-51+,61-59+,69-67+. The number of carbonyl (C=O) groups is 1. The smallest absolute Gasteiger partial charge is 0.220 e. The van der Waals surface area contributed by atoms with Gasteiger partial charge >= 0.3 is 0 Å². The van der Waals surface area contributed by atoms with Gasteiger partial charge in [0.25, 0.3) is 0 Å². The molecule has 0 rings (SSSR count). The van der Waals surface area contributed by atoms with Gasteiger partial charge in [0.15, 0.2) is 0 Å². The van der Waals surface area contributed by atoms with Crippen LogP contribution in [0.4, 0.5) is 0 Å². The lowest BCUT2D eigenvalue weighted by molar-refractivity contribution is -0.123. The Labute approximate surface area is 486 Å². The topological polar surface area (TPSA) is 69.6 Å². The van der Waals surface area contributed by atoms with Crippen molar-refractivity contribution in [2.24, 2.45) is 0 Å². The molecule has 4 nitrogen and oxygen atoms in total. The van der Waals surface area contributed by atoms with Crippen molar-refractivity contribution in [3.63, 3.8) is 0 Å². The van der Waals surface area contributed by atoms with E-state index in [1.54, 1.807) is 6.08 Å². The predicted molar refractivity (Wildman–Crippen MR) is 349 cm³/mol. The summed E-state index contributed by atoms with van der Waals surface area (Å²) in [5.41, 5.74) is 0. The normalized spacial score (nSPS) is 13.4. The van der Waals surface area contributed by atoms with Crippen LogP contribution in [0.25, 0.3) is 0 Å². The Morgan fingerprint density at radius 2 is 0.577 bits per heavy atom. The van der Waals surface area contributed by atoms with Gasteiger partial charge in [-0.2, -0.15) is 0 Å². The monoisotopic (exact) mass is 1080 g/mol. The summed E-state index contributed by atoms with van der Waals surface area (Å²) >= 11 is 0. The summed E-state index contributed by atoms with van der Waals surface area (Å²) in [6.45, 7) is 4.20. The van der Waals surface area contributed by atoms with E-state index in [0.29, 0.717) is 6.42 Å². The molecule has 0 aromatic heterocycles. The number of unbranched alkanes of at least 4 members (excludes halogenated alkanes) is 39.